The third-order valence-electron chi connectivity index (χ3n) is 4.19. The second kappa shape index (κ2) is 5.91. The summed E-state index contributed by atoms with van der Waals surface area (Å²) in [4.78, 5) is 24.6. The molecule has 0 saturated heterocycles. The zero-order valence-electron chi connectivity index (χ0n) is 14.5. The third kappa shape index (κ3) is 2.79. The summed E-state index contributed by atoms with van der Waals surface area (Å²) < 4.78 is 5.77. The molecule has 1 aliphatic heterocycles. The van der Waals surface area contributed by atoms with Crippen LogP contribution in [0.15, 0.2) is 24.3 Å². The molecule has 6 heteroatoms. The molecule has 26 heavy (non-hydrogen) atoms. The smallest absolute Gasteiger partial charge is 0.202 e. The van der Waals surface area contributed by atoms with Gasteiger partial charge in [-0.05, 0) is 44.5 Å². The van der Waals surface area contributed by atoms with E-state index in [4.69, 9.17) is 4.74 Å². The minimum absolute atomic E-state index is 0.142. The van der Waals surface area contributed by atoms with Crippen molar-refractivity contribution in [2.75, 3.05) is 0 Å². The number of rotatable bonds is 3. The molecule has 0 radical (unpaired) electrons. The number of aryl methyl sites for hydroxylation is 1. The molecule has 0 bridgehead atoms. The Balaban J connectivity index is 2.30. The molecule has 1 heterocycles. The van der Waals surface area contributed by atoms with Gasteiger partial charge in [-0.1, -0.05) is 6.08 Å². The summed E-state index contributed by atoms with van der Waals surface area (Å²) in [6.07, 6.45) is 3.70. The number of phenols is 3. The molecule has 6 nitrogen and oxygen atoms in total. The highest BCUT2D eigenvalue weighted by atomic mass is 16.5. The van der Waals surface area contributed by atoms with E-state index in [1.54, 1.807) is 32.9 Å². The standard InChI is InChI=1S/C20H18O6/c1-10-6-14(23)18(15(24)7-10)19(25)17-11-4-5-20(2,3)26-16(11)8-13(22)12(17)9-21/h4-9,22-24H,1-3H3. The number of benzene rings is 2. The molecule has 0 aromatic heterocycles. The molecule has 0 unspecified atom stereocenters. The maximum atomic E-state index is 13.1. The monoisotopic (exact) mass is 354 g/mol. The quantitative estimate of drug-likeness (QED) is 0.577. The van der Waals surface area contributed by atoms with Gasteiger partial charge in [-0.25, -0.2) is 0 Å². The first-order valence-corrected chi connectivity index (χ1v) is 7.95. The highest BCUT2D eigenvalue weighted by Gasteiger charge is 2.31. The van der Waals surface area contributed by atoms with Gasteiger partial charge in [-0.3, -0.25) is 9.59 Å². The summed E-state index contributed by atoms with van der Waals surface area (Å²) >= 11 is 0. The van der Waals surface area contributed by atoms with Gasteiger partial charge in [0.1, 0.15) is 34.2 Å². The van der Waals surface area contributed by atoms with Crippen LogP contribution in [0.1, 0.15) is 51.3 Å². The number of phenolic OH excluding ortho intramolecular Hbond substituents is 3. The first-order chi connectivity index (χ1) is 12.1. The summed E-state index contributed by atoms with van der Waals surface area (Å²) in [6.45, 7) is 5.26. The molecule has 1 aliphatic rings. The largest absolute Gasteiger partial charge is 0.507 e. The second-order valence-electron chi connectivity index (χ2n) is 6.76. The Morgan fingerprint density at radius 2 is 1.65 bits per heavy atom. The first-order valence-electron chi connectivity index (χ1n) is 7.95. The van der Waals surface area contributed by atoms with Crippen molar-refractivity contribution >= 4 is 18.1 Å². The fourth-order valence-electron chi connectivity index (χ4n) is 3.00. The molecule has 0 fully saturated rings. The van der Waals surface area contributed by atoms with Gasteiger partial charge in [0.05, 0.1) is 5.56 Å². The van der Waals surface area contributed by atoms with E-state index in [0.29, 0.717) is 17.4 Å². The zero-order valence-corrected chi connectivity index (χ0v) is 14.5. The lowest BCUT2D eigenvalue weighted by Crippen LogP contribution is -2.28. The van der Waals surface area contributed by atoms with Crippen molar-refractivity contribution in [3.8, 4) is 23.0 Å². The summed E-state index contributed by atoms with van der Waals surface area (Å²) in [6, 6.07) is 3.94. The molecule has 134 valence electrons. The Morgan fingerprint density at radius 1 is 1.04 bits per heavy atom. The van der Waals surface area contributed by atoms with Gasteiger partial charge in [-0.2, -0.15) is 0 Å². The van der Waals surface area contributed by atoms with Crippen LogP contribution in [-0.2, 0) is 0 Å². The molecule has 0 spiro atoms. The van der Waals surface area contributed by atoms with Gasteiger partial charge in [-0.15, -0.1) is 0 Å². The van der Waals surface area contributed by atoms with Crippen LogP contribution in [0.2, 0.25) is 0 Å². The van der Waals surface area contributed by atoms with Crippen LogP contribution in [0.25, 0.3) is 6.08 Å². The van der Waals surface area contributed by atoms with E-state index in [1.807, 2.05) is 0 Å². The Bertz CT molecular complexity index is 946. The van der Waals surface area contributed by atoms with E-state index in [0.717, 1.165) is 0 Å². The molecule has 0 aliphatic carbocycles. The van der Waals surface area contributed by atoms with Crippen LogP contribution < -0.4 is 4.74 Å². The maximum Gasteiger partial charge on any atom is 0.202 e. The Labute approximate surface area is 150 Å². The highest BCUT2D eigenvalue weighted by molar-refractivity contribution is 6.18. The van der Waals surface area contributed by atoms with Crippen LogP contribution in [-0.4, -0.2) is 33.0 Å². The van der Waals surface area contributed by atoms with Crippen LogP contribution >= 0.6 is 0 Å². The normalized spacial score (nSPS) is 14.4. The van der Waals surface area contributed by atoms with Crippen molar-refractivity contribution in [3.63, 3.8) is 0 Å². The SMILES string of the molecule is Cc1cc(O)c(C(=O)c2c(C=O)c(O)cc3c2C=CC(C)(C)O3)c(O)c1. The summed E-state index contributed by atoms with van der Waals surface area (Å²) in [5, 5.41) is 30.5. The van der Waals surface area contributed by atoms with Gasteiger partial charge in [0.2, 0.25) is 5.78 Å². The van der Waals surface area contributed by atoms with Crippen LogP contribution in [0, 0.1) is 6.92 Å². The molecule has 0 saturated carbocycles. The molecular formula is C20H18O6. The first kappa shape index (κ1) is 17.5. The average Bonchev–Trinajstić information content (AvgIpc) is 2.51. The lowest BCUT2D eigenvalue weighted by atomic mass is 9.89. The third-order valence-corrected chi connectivity index (χ3v) is 4.19. The topological polar surface area (TPSA) is 104 Å². The van der Waals surface area contributed by atoms with Crippen molar-refractivity contribution in [2.24, 2.45) is 0 Å². The van der Waals surface area contributed by atoms with Gasteiger partial charge < -0.3 is 20.1 Å². The van der Waals surface area contributed by atoms with E-state index in [1.165, 1.54) is 18.2 Å². The molecule has 3 rings (SSSR count). The van der Waals surface area contributed by atoms with Crippen molar-refractivity contribution < 1.29 is 29.6 Å². The minimum Gasteiger partial charge on any atom is -0.507 e. The number of hydrogen-bond donors (Lipinski definition) is 3. The van der Waals surface area contributed by atoms with E-state index >= 15 is 0 Å². The lowest BCUT2D eigenvalue weighted by Gasteiger charge is -2.29. The molecule has 2 aromatic rings. The van der Waals surface area contributed by atoms with Crippen LogP contribution in [0.4, 0.5) is 0 Å². The van der Waals surface area contributed by atoms with Crippen LogP contribution in [0.3, 0.4) is 0 Å². The predicted molar refractivity (Wildman–Crippen MR) is 95.2 cm³/mol. The average molecular weight is 354 g/mol. The van der Waals surface area contributed by atoms with E-state index in [2.05, 4.69) is 0 Å². The van der Waals surface area contributed by atoms with Crippen molar-refractivity contribution in [3.05, 3.63) is 52.1 Å². The van der Waals surface area contributed by atoms with Gasteiger partial charge in [0.15, 0.2) is 6.29 Å². The number of hydrogen-bond acceptors (Lipinski definition) is 6. The van der Waals surface area contributed by atoms with Gasteiger partial charge in [0, 0.05) is 17.2 Å². The fourth-order valence-corrected chi connectivity index (χ4v) is 3.00. The van der Waals surface area contributed by atoms with E-state index in [-0.39, 0.29) is 22.4 Å². The van der Waals surface area contributed by atoms with Crippen molar-refractivity contribution in [1.29, 1.82) is 0 Å². The van der Waals surface area contributed by atoms with E-state index < -0.39 is 28.6 Å². The molecule has 2 aromatic carbocycles. The number of aromatic hydroxyl groups is 3. The maximum absolute atomic E-state index is 13.1. The minimum atomic E-state index is -0.790. The predicted octanol–water partition coefficient (Wildman–Crippen LogP) is 3.34. The zero-order chi connectivity index (χ0) is 19.2. The Morgan fingerprint density at radius 3 is 2.23 bits per heavy atom. The highest BCUT2D eigenvalue weighted by Crippen LogP contribution is 2.41. The summed E-state index contributed by atoms with van der Waals surface area (Å²) in [5.41, 5.74) is -0.512. The fraction of sp³-hybridized carbons (Fsp3) is 0.200. The number of ketones is 1. The molecule has 0 amide bonds. The van der Waals surface area contributed by atoms with Crippen molar-refractivity contribution in [1.82, 2.24) is 0 Å². The number of aldehydes is 1. The molecular weight excluding hydrogens is 336 g/mol. The lowest BCUT2D eigenvalue weighted by molar-refractivity contribution is 0.102. The second-order valence-corrected chi connectivity index (χ2v) is 6.76. The van der Waals surface area contributed by atoms with Crippen LogP contribution in [0.5, 0.6) is 23.0 Å². The number of fused-ring (bicyclic) bond motifs is 1. The Hall–Kier alpha value is -3.28. The van der Waals surface area contributed by atoms with E-state index in [9.17, 15) is 24.9 Å². The summed E-state index contributed by atoms with van der Waals surface area (Å²) in [5.74, 6) is -1.80. The number of carbonyl (C=O) groups is 2. The Kier molecular flexibility index (Phi) is 3.99. The number of carbonyl (C=O) groups excluding carboxylic acids is 2. The molecule has 0 atom stereocenters. The van der Waals surface area contributed by atoms with Gasteiger partial charge in [0.25, 0.3) is 0 Å². The molecule has 3 N–H and O–H groups in total. The van der Waals surface area contributed by atoms with Crippen molar-refractivity contribution in [2.45, 2.75) is 26.4 Å². The number of ether oxygens (including phenoxy) is 1. The van der Waals surface area contributed by atoms with Gasteiger partial charge >= 0.3 is 0 Å². The summed E-state index contributed by atoms with van der Waals surface area (Å²) in [7, 11) is 0.